The van der Waals surface area contributed by atoms with E-state index in [2.05, 4.69) is 15.4 Å². The molecule has 0 atom stereocenters. The van der Waals surface area contributed by atoms with Gasteiger partial charge in [-0.3, -0.25) is 0 Å². The number of hydrogen-bond donors (Lipinski definition) is 1. The maximum atomic E-state index is 14.2. The summed E-state index contributed by atoms with van der Waals surface area (Å²) in [7, 11) is 0. The van der Waals surface area contributed by atoms with E-state index in [4.69, 9.17) is 11.6 Å². The van der Waals surface area contributed by atoms with Gasteiger partial charge in [0.1, 0.15) is 0 Å². The first kappa shape index (κ1) is 11.6. The van der Waals surface area contributed by atoms with E-state index < -0.39 is 0 Å². The second-order valence-corrected chi connectivity index (χ2v) is 4.80. The van der Waals surface area contributed by atoms with E-state index in [9.17, 15) is 4.39 Å². The molecular formula is C12H12ClFN4. The fraction of sp³-hybridized carbons (Fsp3) is 0.333. The molecule has 4 nitrogen and oxygen atoms in total. The van der Waals surface area contributed by atoms with E-state index in [1.165, 1.54) is 29.9 Å². The Kier molecular flexibility index (Phi) is 3.01. The molecule has 1 N–H and O–H groups in total. The standard InChI is InChI=1S/C12H12ClFN4/c13-9-6-17-18(7-9)12-11(14)8(3-4-15-12)5-16-10-1-2-10/h3-4,6-7,10,16H,1-2,5H2. The molecule has 0 aliphatic heterocycles. The van der Waals surface area contributed by atoms with Crippen molar-refractivity contribution >= 4 is 11.6 Å². The predicted octanol–water partition coefficient (Wildman–Crippen LogP) is 2.31. The third kappa shape index (κ3) is 2.37. The summed E-state index contributed by atoms with van der Waals surface area (Å²) in [5.74, 6) is -0.178. The Morgan fingerprint density at radius 1 is 1.50 bits per heavy atom. The summed E-state index contributed by atoms with van der Waals surface area (Å²) in [5.41, 5.74) is 0.596. The van der Waals surface area contributed by atoms with Crippen LogP contribution in [0.25, 0.3) is 5.82 Å². The van der Waals surface area contributed by atoms with Crippen molar-refractivity contribution in [2.24, 2.45) is 0 Å². The van der Waals surface area contributed by atoms with Crippen molar-refractivity contribution in [2.45, 2.75) is 25.4 Å². The molecule has 0 spiro atoms. The van der Waals surface area contributed by atoms with Crippen molar-refractivity contribution < 1.29 is 4.39 Å². The van der Waals surface area contributed by atoms with Crippen molar-refractivity contribution in [1.82, 2.24) is 20.1 Å². The van der Waals surface area contributed by atoms with Crippen LogP contribution in [-0.2, 0) is 6.54 Å². The molecule has 1 saturated carbocycles. The maximum absolute atomic E-state index is 14.2. The highest BCUT2D eigenvalue weighted by Gasteiger charge is 2.21. The lowest BCUT2D eigenvalue weighted by molar-refractivity contribution is 0.567. The Hall–Kier alpha value is -1.46. The molecule has 2 aromatic rings. The largest absolute Gasteiger partial charge is 0.310 e. The van der Waals surface area contributed by atoms with Crippen molar-refractivity contribution in [3.63, 3.8) is 0 Å². The van der Waals surface area contributed by atoms with Crippen LogP contribution in [0.15, 0.2) is 24.7 Å². The first-order valence-electron chi connectivity index (χ1n) is 5.81. The number of rotatable bonds is 4. The van der Waals surface area contributed by atoms with Crippen molar-refractivity contribution in [3.05, 3.63) is 41.1 Å². The van der Waals surface area contributed by atoms with E-state index >= 15 is 0 Å². The molecule has 1 aliphatic rings. The summed E-state index contributed by atoms with van der Waals surface area (Å²) < 4.78 is 15.6. The Balaban J connectivity index is 1.87. The van der Waals surface area contributed by atoms with Gasteiger partial charge < -0.3 is 5.32 Å². The summed E-state index contributed by atoms with van der Waals surface area (Å²) in [6, 6.07) is 2.22. The van der Waals surface area contributed by atoms with Crippen molar-refractivity contribution in [2.75, 3.05) is 0 Å². The van der Waals surface area contributed by atoms with Gasteiger partial charge in [-0.1, -0.05) is 11.6 Å². The molecule has 94 valence electrons. The summed E-state index contributed by atoms with van der Waals surface area (Å²) >= 11 is 5.77. The molecule has 0 saturated heterocycles. The van der Waals surface area contributed by atoms with Crippen LogP contribution in [0.5, 0.6) is 0 Å². The molecule has 2 heterocycles. The number of nitrogens with zero attached hydrogens (tertiary/aromatic N) is 3. The number of hydrogen-bond acceptors (Lipinski definition) is 3. The zero-order valence-electron chi connectivity index (χ0n) is 9.61. The molecule has 0 aromatic carbocycles. The minimum atomic E-state index is -0.356. The van der Waals surface area contributed by atoms with Gasteiger partial charge in [-0.2, -0.15) is 5.10 Å². The highest BCUT2D eigenvalue weighted by atomic mass is 35.5. The van der Waals surface area contributed by atoms with Gasteiger partial charge in [-0.05, 0) is 18.9 Å². The third-order valence-electron chi connectivity index (χ3n) is 2.88. The number of nitrogens with one attached hydrogen (secondary N) is 1. The van der Waals surface area contributed by atoms with Gasteiger partial charge in [0, 0.05) is 24.3 Å². The maximum Gasteiger partial charge on any atom is 0.190 e. The number of halogens is 2. The Morgan fingerprint density at radius 2 is 2.33 bits per heavy atom. The lowest BCUT2D eigenvalue weighted by Crippen LogP contribution is -2.17. The van der Waals surface area contributed by atoms with Gasteiger partial charge in [0.25, 0.3) is 0 Å². The SMILES string of the molecule is Fc1c(CNC2CC2)ccnc1-n1cc(Cl)cn1. The molecule has 0 unspecified atom stereocenters. The van der Waals surface area contributed by atoms with Gasteiger partial charge in [0.15, 0.2) is 11.6 Å². The molecular weight excluding hydrogens is 255 g/mol. The van der Waals surface area contributed by atoms with E-state index in [-0.39, 0.29) is 11.6 Å². The van der Waals surface area contributed by atoms with Crippen LogP contribution in [-0.4, -0.2) is 20.8 Å². The van der Waals surface area contributed by atoms with Crippen LogP contribution in [0.4, 0.5) is 4.39 Å². The van der Waals surface area contributed by atoms with Gasteiger partial charge >= 0.3 is 0 Å². The molecule has 0 radical (unpaired) electrons. The second-order valence-electron chi connectivity index (χ2n) is 4.37. The smallest absolute Gasteiger partial charge is 0.190 e. The van der Waals surface area contributed by atoms with Gasteiger partial charge in [-0.15, -0.1) is 0 Å². The quantitative estimate of drug-likeness (QED) is 0.923. The lowest BCUT2D eigenvalue weighted by Gasteiger charge is -2.08. The number of aromatic nitrogens is 3. The van der Waals surface area contributed by atoms with E-state index in [0.29, 0.717) is 23.2 Å². The molecule has 0 amide bonds. The monoisotopic (exact) mass is 266 g/mol. The van der Waals surface area contributed by atoms with Crippen molar-refractivity contribution in [3.8, 4) is 5.82 Å². The Morgan fingerprint density at radius 3 is 3.00 bits per heavy atom. The van der Waals surface area contributed by atoms with Crippen molar-refractivity contribution in [1.29, 1.82) is 0 Å². The minimum absolute atomic E-state index is 0.178. The fourth-order valence-electron chi connectivity index (χ4n) is 1.73. The molecule has 0 bridgehead atoms. The summed E-state index contributed by atoms with van der Waals surface area (Å²) in [5, 5.41) is 7.69. The minimum Gasteiger partial charge on any atom is -0.310 e. The molecule has 1 aliphatic carbocycles. The normalized spacial score (nSPS) is 15.0. The summed E-state index contributed by atoms with van der Waals surface area (Å²) in [6.07, 6.45) is 6.92. The zero-order valence-corrected chi connectivity index (χ0v) is 10.4. The van der Waals surface area contributed by atoms with Crippen LogP contribution < -0.4 is 5.32 Å². The van der Waals surface area contributed by atoms with E-state index in [1.54, 1.807) is 12.3 Å². The topological polar surface area (TPSA) is 42.7 Å². The third-order valence-corrected chi connectivity index (χ3v) is 3.07. The van der Waals surface area contributed by atoms with Crippen LogP contribution in [0.1, 0.15) is 18.4 Å². The zero-order chi connectivity index (χ0) is 12.5. The van der Waals surface area contributed by atoms with E-state index in [0.717, 1.165) is 0 Å². The second kappa shape index (κ2) is 4.66. The molecule has 18 heavy (non-hydrogen) atoms. The lowest BCUT2D eigenvalue weighted by atomic mass is 10.2. The van der Waals surface area contributed by atoms with Gasteiger partial charge in [-0.25, -0.2) is 14.1 Å². The molecule has 6 heteroatoms. The van der Waals surface area contributed by atoms with E-state index in [1.807, 2.05) is 0 Å². The summed E-state index contributed by atoms with van der Waals surface area (Å²) in [4.78, 5) is 4.00. The van der Waals surface area contributed by atoms with Crippen LogP contribution >= 0.6 is 11.6 Å². The van der Waals surface area contributed by atoms with Crippen LogP contribution in [0.3, 0.4) is 0 Å². The van der Waals surface area contributed by atoms with Gasteiger partial charge in [0.05, 0.1) is 17.4 Å². The Bertz CT molecular complexity index is 565. The highest BCUT2D eigenvalue weighted by Crippen LogP contribution is 2.21. The molecule has 2 aromatic heterocycles. The average Bonchev–Trinajstić information content (AvgIpc) is 3.09. The molecule has 3 rings (SSSR count). The predicted molar refractivity (Wildman–Crippen MR) is 66.2 cm³/mol. The average molecular weight is 267 g/mol. The van der Waals surface area contributed by atoms with Gasteiger partial charge in [0.2, 0.25) is 0 Å². The van der Waals surface area contributed by atoms with Crippen LogP contribution in [0.2, 0.25) is 5.02 Å². The van der Waals surface area contributed by atoms with Crippen LogP contribution in [0, 0.1) is 5.82 Å². The first-order valence-corrected chi connectivity index (χ1v) is 6.19. The molecule has 1 fully saturated rings. The Labute approximate surface area is 109 Å². The number of pyridine rings is 1. The fourth-order valence-corrected chi connectivity index (χ4v) is 1.86. The summed E-state index contributed by atoms with van der Waals surface area (Å²) in [6.45, 7) is 0.515. The highest BCUT2D eigenvalue weighted by molar-refractivity contribution is 6.30. The first-order chi connectivity index (χ1) is 8.74.